The van der Waals surface area contributed by atoms with Crippen molar-refractivity contribution >= 4 is 29.9 Å². The summed E-state index contributed by atoms with van der Waals surface area (Å²) in [5.74, 6) is -2.56. The largest absolute Gasteiger partial charge is 0.460 e. The van der Waals surface area contributed by atoms with Gasteiger partial charge in [0.1, 0.15) is 35.5 Å². The van der Waals surface area contributed by atoms with E-state index < -0.39 is 58.8 Å². The summed E-state index contributed by atoms with van der Waals surface area (Å²) in [5.41, 5.74) is -1.60. The molecule has 0 aliphatic heterocycles. The molecule has 0 saturated carbocycles. The summed E-state index contributed by atoms with van der Waals surface area (Å²) in [5, 5.41) is 5.05. The molecule has 2 atom stereocenters. The number of hydrogen-bond donors (Lipinski definition) is 2. The highest BCUT2D eigenvalue weighted by atomic mass is 16.6. The second-order valence-corrected chi connectivity index (χ2v) is 12.6. The maximum absolute atomic E-state index is 12.9. The van der Waals surface area contributed by atoms with E-state index in [0.29, 0.717) is 0 Å². The van der Waals surface area contributed by atoms with Crippen LogP contribution < -0.4 is 10.6 Å². The lowest BCUT2D eigenvalue weighted by atomic mass is 10.1. The molecular weight excluding hydrogens is 532 g/mol. The zero-order valence-corrected chi connectivity index (χ0v) is 25.8. The second kappa shape index (κ2) is 15.4. The first kappa shape index (κ1) is 35.4. The summed E-state index contributed by atoms with van der Waals surface area (Å²) < 4.78 is 21.3. The Hall–Kier alpha value is -3.63. The normalized spacial score (nSPS) is 13.3. The van der Waals surface area contributed by atoms with Gasteiger partial charge in [-0.3, -0.25) is 9.59 Å². The lowest BCUT2D eigenvalue weighted by Gasteiger charge is -2.26. The minimum absolute atomic E-state index is 0.0105. The van der Waals surface area contributed by atoms with Gasteiger partial charge in [0, 0.05) is 12.8 Å². The van der Waals surface area contributed by atoms with E-state index in [4.69, 9.17) is 18.9 Å². The summed E-state index contributed by atoms with van der Waals surface area (Å²) in [6.45, 7) is 15.3. The van der Waals surface area contributed by atoms with Crippen LogP contribution in [0.1, 0.15) is 93.6 Å². The smallest absolute Gasteiger partial charge is 0.408 e. The summed E-state index contributed by atoms with van der Waals surface area (Å²) in [7, 11) is 0. The first-order valence-corrected chi connectivity index (χ1v) is 13.7. The van der Waals surface area contributed by atoms with Gasteiger partial charge in [-0.1, -0.05) is 30.3 Å². The van der Waals surface area contributed by atoms with Gasteiger partial charge in [0.15, 0.2) is 0 Å². The minimum Gasteiger partial charge on any atom is -0.460 e. The molecule has 41 heavy (non-hydrogen) atoms. The van der Waals surface area contributed by atoms with Crippen LogP contribution in [-0.2, 0) is 44.7 Å². The Kier molecular flexibility index (Phi) is 13.3. The van der Waals surface area contributed by atoms with E-state index in [1.54, 1.807) is 86.6 Å². The van der Waals surface area contributed by atoms with Gasteiger partial charge in [0.05, 0.1) is 0 Å². The van der Waals surface area contributed by atoms with E-state index in [1.807, 2.05) is 6.07 Å². The number of nitrogens with one attached hydrogen (secondary N) is 2. The van der Waals surface area contributed by atoms with Crippen molar-refractivity contribution in [2.24, 2.45) is 0 Å². The number of carbonyl (C=O) groups is 5. The number of rotatable bonds is 12. The van der Waals surface area contributed by atoms with Crippen LogP contribution in [-0.4, -0.2) is 58.8 Å². The summed E-state index contributed by atoms with van der Waals surface area (Å²) in [4.78, 5) is 63.1. The van der Waals surface area contributed by atoms with Crippen LogP contribution in [0.25, 0.3) is 0 Å². The average molecular weight is 579 g/mol. The number of carbonyl (C=O) groups excluding carboxylic acids is 5. The Morgan fingerprint density at radius 1 is 0.659 bits per heavy atom. The molecule has 2 amide bonds. The van der Waals surface area contributed by atoms with Crippen LogP contribution in [0.4, 0.5) is 4.79 Å². The van der Waals surface area contributed by atoms with Crippen molar-refractivity contribution in [2.75, 3.05) is 0 Å². The number of ether oxygens (including phenoxy) is 4. The molecule has 230 valence electrons. The van der Waals surface area contributed by atoms with Crippen LogP contribution in [0, 0.1) is 0 Å². The van der Waals surface area contributed by atoms with Crippen LogP contribution >= 0.6 is 0 Å². The minimum atomic E-state index is -1.19. The van der Waals surface area contributed by atoms with Crippen molar-refractivity contribution in [3.05, 3.63) is 35.9 Å². The monoisotopic (exact) mass is 578 g/mol. The van der Waals surface area contributed by atoms with Crippen LogP contribution in [0.2, 0.25) is 0 Å². The Morgan fingerprint density at radius 3 is 1.61 bits per heavy atom. The van der Waals surface area contributed by atoms with Gasteiger partial charge in [0.2, 0.25) is 5.91 Å². The molecule has 1 rings (SSSR count). The van der Waals surface area contributed by atoms with Gasteiger partial charge >= 0.3 is 24.0 Å². The fourth-order valence-electron chi connectivity index (χ4n) is 3.35. The number of benzene rings is 1. The molecule has 0 heterocycles. The van der Waals surface area contributed by atoms with Crippen molar-refractivity contribution in [1.29, 1.82) is 0 Å². The van der Waals surface area contributed by atoms with Gasteiger partial charge in [-0.15, -0.1) is 0 Å². The third-order valence-corrected chi connectivity index (χ3v) is 4.94. The average Bonchev–Trinajstić information content (AvgIpc) is 2.80. The Labute approximate surface area is 243 Å². The standard InChI is InChI=1S/C30H46N2O9/c1-28(2,3)39-24(34)18-16-21(25(35)40-29(4,5)6)31-23(33)17-15-22(26(36)41-30(7,8)9)32-27(37)38-19-20-13-11-10-12-14-20/h10-14,21-22H,15-19H2,1-9H3,(H,31,33)(H,32,37)/t21-,22+/m1/s1. The van der Waals surface area contributed by atoms with Crippen molar-refractivity contribution in [3.63, 3.8) is 0 Å². The summed E-state index contributed by atoms with van der Waals surface area (Å²) >= 11 is 0. The molecule has 0 radical (unpaired) electrons. The molecule has 0 fully saturated rings. The van der Waals surface area contributed by atoms with E-state index in [-0.39, 0.29) is 32.3 Å². The molecule has 1 aromatic rings. The number of esters is 3. The SMILES string of the molecule is CC(C)(C)OC(=O)CC[C@@H](NC(=O)CC[C@H](NC(=O)OCc1ccccc1)C(=O)OC(C)(C)C)C(=O)OC(C)(C)C. The van der Waals surface area contributed by atoms with Gasteiger partial charge in [-0.05, 0) is 80.7 Å². The second-order valence-electron chi connectivity index (χ2n) is 12.6. The number of alkyl carbamates (subject to hydrolysis) is 1. The third-order valence-electron chi connectivity index (χ3n) is 4.94. The quantitative estimate of drug-likeness (QED) is 0.273. The molecule has 0 unspecified atom stereocenters. The topological polar surface area (TPSA) is 146 Å². The first-order chi connectivity index (χ1) is 18.7. The van der Waals surface area contributed by atoms with Crippen molar-refractivity contribution in [1.82, 2.24) is 10.6 Å². The van der Waals surface area contributed by atoms with Crippen molar-refractivity contribution < 1.29 is 42.9 Å². The highest BCUT2D eigenvalue weighted by molar-refractivity contribution is 5.86. The molecule has 0 spiro atoms. The molecule has 1 aromatic carbocycles. The predicted octanol–water partition coefficient (Wildman–Crippen LogP) is 4.35. The van der Waals surface area contributed by atoms with Gasteiger partial charge in [-0.25, -0.2) is 14.4 Å². The van der Waals surface area contributed by atoms with Gasteiger partial charge in [0.25, 0.3) is 0 Å². The Morgan fingerprint density at radius 2 is 1.12 bits per heavy atom. The Bertz CT molecular complexity index is 1030. The van der Waals surface area contributed by atoms with E-state index in [1.165, 1.54) is 0 Å². The highest BCUT2D eigenvalue weighted by Gasteiger charge is 2.31. The van der Waals surface area contributed by atoms with Crippen LogP contribution in [0.3, 0.4) is 0 Å². The zero-order valence-electron chi connectivity index (χ0n) is 25.8. The van der Waals surface area contributed by atoms with E-state index >= 15 is 0 Å². The van der Waals surface area contributed by atoms with Crippen molar-refractivity contribution in [3.8, 4) is 0 Å². The molecule has 2 N–H and O–H groups in total. The number of amides is 2. The highest BCUT2D eigenvalue weighted by Crippen LogP contribution is 2.15. The molecule has 0 aliphatic rings. The van der Waals surface area contributed by atoms with Crippen LogP contribution in [0.5, 0.6) is 0 Å². The summed E-state index contributed by atoms with van der Waals surface area (Å²) in [6, 6.07) is 6.69. The fraction of sp³-hybridized carbons (Fsp3) is 0.633. The maximum atomic E-state index is 12.9. The third kappa shape index (κ3) is 16.9. The lowest BCUT2D eigenvalue weighted by Crippen LogP contribution is -2.47. The fourth-order valence-corrected chi connectivity index (χ4v) is 3.35. The lowest BCUT2D eigenvalue weighted by molar-refractivity contribution is -0.161. The molecule has 0 saturated heterocycles. The first-order valence-electron chi connectivity index (χ1n) is 13.7. The summed E-state index contributed by atoms with van der Waals surface area (Å²) in [6.07, 6.45) is -1.40. The van der Waals surface area contributed by atoms with Gasteiger partial charge < -0.3 is 29.6 Å². The van der Waals surface area contributed by atoms with E-state index in [9.17, 15) is 24.0 Å². The molecular formula is C30H46N2O9. The van der Waals surface area contributed by atoms with Crippen LogP contribution in [0.15, 0.2) is 30.3 Å². The molecule has 11 nitrogen and oxygen atoms in total. The van der Waals surface area contributed by atoms with Gasteiger partial charge in [-0.2, -0.15) is 0 Å². The molecule has 0 aromatic heterocycles. The maximum Gasteiger partial charge on any atom is 0.408 e. The molecule has 0 bridgehead atoms. The molecule has 0 aliphatic carbocycles. The molecule has 11 heteroatoms. The van der Waals surface area contributed by atoms with Crippen molar-refractivity contribution in [2.45, 2.75) is 123 Å². The van der Waals surface area contributed by atoms with E-state index in [0.717, 1.165) is 5.56 Å². The Balaban J connectivity index is 2.88. The number of hydrogen-bond acceptors (Lipinski definition) is 9. The predicted molar refractivity (Wildman–Crippen MR) is 151 cm³/mol. The van der Waals surface area contributed by atoms with E-state index in [2.05, 4.69) is 10.6 Å². The zero-order chi connectivity index (χ0) is 31.4.